The number of hydrogen-bond acceptors (Lipinski definition) is 4. The second-order valence-corrected chi connectivity index (χ2v) is 4.07. The van der Waals surface area contributed by atoms with E-state index in [2.05, 4.69) is 0 Å². The zero-order valence-electron chi connectivity index (χ0n) is 10.6. The first kappa shape index (κ1) is 14.6. The summed E-state index contributed by atoms with van der Waals surface area (Å²) in [4.78, 5) is 20.6. The largest absolute Gasteiger partial charge is 0.485 e. The van der Waals surface area contributed by atoms with Crippen LogP contribution in [0.3, 0.4) is 0 Å². The maximum atomic E-state index is 13.8. The number of benzene rings is 2. The molecular formula is C14H9F2NO4. The lowest BCUT2D eigenvalue weighted by Gasteiger charge is -2.10. The van der Waals surface area contributed by atoms with Crippen LogP contribution >= 0.6 is 0 Å². The van der Waals surface area contributed by atoms with Crippen LogP contribution in [0.5, 0.6) is 5.75 Å². The molecule has 0 saturated heterocycles. The average Bonchev–Trinajstić information content (AvgIpc) is 2.46. The Hall–Kier alpha value is -2.83. The molecule has 108 valence electrons. The normalized spacial score (nSPS) is 10.2. The summed E-state index contributed by atoms with van der Waals surface area (Å²) in [6.07, 6.45) is 0.405. The van der Waals surface area contributed by atoms with Gasteiger partial charge in [0.15, 0.2) is 17.9 Å². The van der Waals surface area contributed by atoms with Crippen LogP contribution in [-0.4, -0.2) is 11.2 Å². The van der Waals surface area contributed by atoms with Gasteiger partial charge in [0.25, 0.3) is 0 Å². The fourth-order valence-corrected chi connectivity index (χ4v) is 1.74. The lowest BCUT2D eigenvalue weighted by Crippen LogP contribution is -2.04. The van der Waals surface area contributed by atoms with Crippen molar-refractivity contribution in [2.24, 2.45) is 0 Å². The van der Waals surface area contributed by atoms with Gasteiger partial charge >= 0.3 is 5.69 Å². The molecule has 7 heteroatoms. The molecule has 0 heterocycles. The fourth-order valence-electron chi connectivity index (χ4n) is 1.74. The predicted molar refractivity (Wildman–Crippen MR) is 69.2 cm³/mol. The SMILES string of the molecule is O=Cc1cccc(F)c1OCc1cccc([N+](=O)[O-])c1F. The summed E-state index contributed by atoms with van der Waals surface area (Å²) >= 11 is 0. The Balaban J connectivity index is 2.27. The summed E-state index contributed by atoms with van der Waals surface area (Å²) < 4.78 is 32.5. The maximum absolute atomic E-state index is 13.8. The highest BCUT2D eigenvalue weighted by Crippen LogP contribution is 2.25. The van der Waals surface area contributed by atoms with Crippen molar-refractivity contribution < 1.29 is 23.2 Å². The van der Waals surface area contributed by atoms with Crippen LogP contribution in [0.25, 0.3) is 0 Å². The number of rotatable bonds is 5. The van der Waals surface area contributed by atoms with Gasteiger partial charge in [-0.3, -0.25) is 14.9 Å². The minimum atomic E-state index is -1.05. The van der Waals surface area contributed by atoms with E-state index in [1.807, 2.05) is 0 Å². The van der Waals surface area contributed by atoms with Crippen molar-refractivity contribution in [2.75, 3.05) is 0 Å². The molecular weight excluding hydrogens is 284 g/mol. The molecule has 0 radical (unpaired) electrons. The van der Waals surface area contributed by atoms with Crippen molar-refractivity contribution in [3.05, 3.63) is 69.3 Å². The van der Waals surface area contributed by atoms with Crippen LogP contribution in [0.1, 0.15) is 15.9 Å². The summed E-state index contributed by atoms with van der Waals surface area (Å²) in [5.74, 6) is -2.14. The number of halogens is 2. The molecule has 0 aliphatic carbocycles. The minimum Gasteiger partial charge on any atom is -0.485 e. The molecule has 2 aromatic carbocycles. The van der Waals surface area contributed by atoms with Crippen molar-refractivity contribution in [1.29, 1.82) is 0 Å². The van der Waals surface area contributed by atoms with E-state index in [1.54, 1.807) is 0 Å². The van der Waals surface area contributed by atoms with Crippen LogP contribution in [0, 0.1) is 21.7 Å². The minimum absolute atomic E-state index is 0.0270. The molecule has 0 fully saturated rings. The van der Waals surface area contributed by atoms with Crippen molar-refractivity contribution in [3.8, 4) is 5.75 Å². The Morgan fingerprint density at radius 1 is 1.19 bits per heavy atom. The van der Waals surface area contributed by atoms with Crippen LogP contribution in [0.15, 0.2) is 36.4 Å². The molecule has 0 aliphatic heterocycles. The highest BCUT2D eigenvalue weighted by Gasteiger charge is 2.18. The van der Waals surface area contributed by atoms with Crippen LogP contribution in [-0.2, 0) is 6.61 Å². The number of ether oxygens (including phenoxy) is 1. The monoisotopic (exact) mass is 293 g/mol. The summed E-state index contributed by atoms with van der Waals surface area (Å²) in [6, 6.07) is 7.35. The van der Waals surface area contributed by atoms with E-state index in [9.17, 15) is 23.7 Å². The van der Waals surface area contributed by atoms with E-state index in [0.29, 0.717) is 6.29 Å². The van der Waals surface area contributed by atoms with Gasteiger partial charge in [0.2, 0.25) is 5.82 Å². The van der Waals surface area contributed by atoms with E-state index in [4.69, 9.17) is 4.74 Å². The Kier molecular flexibility index (Phi) is 4.22. The lowest BCUT2D eigenvalue weighted by molar-refractivity contribution is -0.387. The molecule has 0 aromatic heterocycles. The highest BCUT2D eigenvalue weighted by molar-refractivity contribution is 5.79. The molecule has 0 bridgehead atoms. The number of para-hydroxylation sites is 1. The van der Waals surface area contributed by atoms with E-state index in [0.717, 1.165) is 12.1 Å². The second kappa shape index (κ2) is 6.08. The molecule has 0 amide bonds. The molecule has 0 unspecified atom stereocenters. The second-order valence-electron chi connectivity index (χ2n) is 4.07. The molecule has 2 aromatic rings. The van der Waals surface area contributed by atoms with Gasteiger partial charge < -0.3 is 4.74 Å². The van der Waals surface area contributed by atoms with Gasteiger partial charge in [-0.1, -0.05) is 18.2 Å². The number of aldehydes is 1. The predicted octanol–water partition coefficient (Wildman–Crippen LogP) is 3.26. The van der Waals surface area contributed by atoms with Gasteiger partial charge in [-0.15, -0.1) is 0 Å². The lowest BCUT2D eigenvalue weighted by atomic mass is 10.2. The van der Waals surface area contributed by atoms with Gasteiger partial charge in [0.1, 0.15) is 6.61 Å². The van der Waals surface area contributed by atoms with Gasteiger partial charge in [0, 0.05) is 11.6 Å². The van der Waals surface area contributed by atoms with Gasteiger partial charge in [-0.05, 0) is 12.1 Å². The molecule has 0 atom stereocenters. The summed E-state index contributed by atoms with van der Waals surface area (Å²) in [6.45, 7) is -0.435. The Morgan fingerprint density at radius 2 is 1.90 bits per heavy atom. The maximum Gasteiger partial charge on any atom is 0.305 e. The number of nitro benzene ring substituents is 1. The molecule has 0 spiro atoms. The molecule has 5 nitrogen and oxygen atoms in total. The molecule has 2 rings (SSSR count). The molecule has 0 saturated carbocycles. The van der Waals surface area contributed by atoms with Crippen molar-refractivity contribution >= 4 is 12.0 Å². The molecule has 21 heavy (non-hydrogen) atoms. The smallest absolute Gasteiger partial charge is 0.305 e. The van der Waals surface area contributed by atoms with Crippen LogP contribution < -0.4 is 4.74 Å². The first-order valence-electron chi connectivity index (χ1n) is 5.83. The van der Waals surface area contributed by atoms with Crippen molar-refractivity contribution in [1.82, 2.24) is 0 Å². The zero-order valence-corrected chi connectivity index (χ0v) is 10.6. The summed E-state index contributed by atoms with van der Waals surface area (Å²) in [5, 5.41) is 10.6. The quantitative estimate of drug-likeness (QED) is 0.482. The summed E-state index contributed by atoms with van der Waals surface area (Å²) in [5.41, 5.74) is -0.828. The third-order valence-corrected chi connectivity index (χ3v) is 2.75. The van der Waals surface area contributed by atoms with E-state index in [-0.39, 0.29) is 16.9 Å². The van der Waals surface area contributed by atoms with Gasteiger partial charge in [-0.25, -0.2) is 4.39 Å². The number of nitro groups is 1. The molecule has 0 aliphatic rings. The van der Waals surface area contributed by atoms with Crippen molar-refractivity contribution in [3.63, 3.8) is 0 Å². The average molecular weight is 293 g/mol. The Morgan fingerprint density at radius 3 is 2.57 bits per heavy atom. The van der Waals surface area contributed by atoms with E-state index in [1.165, 1.54) is 24.3 Å². The highest BCUT2D eigenvalue weighted by atomic mass is 19.1. The molecule has 0 N–H and O–H groups in total. The Bertz CT molecular complexity index is 703. The summed E-state index contributed by atoms with van der Waals surface area (Å²) in [7, 11) is 0. The van der Waals surface area contributed by atoms with E-state index < -0.39 is 28.9 Å². The number of hydrogen-bond donors (Lipinski definition) is 0. The zero-order chi connectivity index (χ0) is 15.4. The first-order chi connectivity index (χ1) is 10.0. The third kappa shape index (κ3) is 3.02. The third-order valence-electron chi connectivity index (χ3n) is 2.75. The Labute approximate surface area is 117 Å². The van der Waals surface area contributed by atoms with Gasteiger partial charge in [-0.2, -0.15) is 4.39 Å². The number of nitrogens with zero attached hydrogens (tertiary/aromatic N) is 1. The van der Waals surface area contributed by atoms with E-state index >= 15 is 0 Å². The van der Waals surface area contributed by atoms with Crippen LogP contribution in [0.4, 0.5) is 14.5 Å². The van der Waals surface area contributed by atoms with Crippen LogP contribution in [0.2, 0.25) is 0 Å². The number of carbonyl (C=O) groups excluding carboxylic acids is 1. The van der Waals surface area contributed by atoms with Gasteiger partial charge in [0.05, 0.1) is 10.5 Å². The first-order valence-corrected chi connectivity index (χ1v) is 5.83. The van der Waals surface area contributed by atoms with Crippen molar-refractivity contribution in [2.45, 2.75) is 6.61 Å². The number of carbonyl (C=O) groups is 1. The standard InChI is InChI=1S/C14H9F2NO4/c15-11-5-1-3-9(7-18)14(11)21-8-10-4-2-6-12(13(10)16)17(19)20/h1-7H,8H2. The fraction of sp³-hybridized carbons (Fsp3) is 0.0714. The topological polar surface area (TPSA) is 69.4 Å².